The highest BCUT2D eigenvalue weighted by atomic mass is 32.2. The SMILES string of the molecule is C[C@H]1Oc2ccc(S(=O)(=O)N3CCC[C@@H](C(=O)NC4CCCC4)C3)cc2NC1=O. The quantitative estimate of drug-likeness (QED) is 0.772. The fraction of sp³-hybridized carbons (Fsp3) is 0.600. The van der Waals surface area contributed by atoms with Crippen LogP contribution in [0.2, 0.25) is 0 Å². The molecule has 1 saturated heterocycles. The van der Waals surface area contributed by atoms with Crippen molar-refractivity contribution < 1.29 is 22.7 Å². The van der Waals surface area contributed by atoms with Gasteiger partial charge >= 0.3 is 0 Å². The first-order valence-electron chi connectivity index (χ1n) is 10.3. The highest BCUT2D eigenvalue weighted by molar-refractivity contribution is 7.89. The lowest BCUT2D eigenvalue weighted by atomic mass is 9.98. The maximum Gasteiger partial charge on any atom is 0.265 e. The summed E-state index contributed by atoms with van der Waals surface area (Å²) in [6, 6.07) is 4.70. The largest absolute Gasteiger partial charge is 0.479 e. The summed E-state index contributed by atoms with van der Waals surface area (Å²) in [5.74, 6) is -0.241. The Morgan fingerprint density at radius 1 is 1.21 bits per heavy atom. The van der Waals surface area contributed by atoms with Crippen LogP contribution in [0.15, 0.2) is 23.1 Å². The summed E-state index contributed by atoms with van der Waals surface area (Å²) >= 11 is 0. The minimum Gasteiger partial charge on any atom is -0.479 e. The van der Waals surface area contributed by atoms with E-state index in [-0.39, 0.29) is 35.2 Å². The van der Waals surface area contributed by atoms with E-state index in [1.165, 1.54) is 16.4 Å². The van der Waals surface area contributed by atoms with Gasteiger partial charge in [-0.15, -0.1) is 0 Å². The first kappa shape index (κ1) is 20.2. The number of piperidine rings is 1. The zero-order chi connectivity index (χ0) is 20.6. The minimum absolute atomic E-state index is 0.0445. The minimum atomic E-state index is -3.77. The van der Waals surface area contributed by atoms with Gasteiger partial charge in [0.05, 0.1) is 16.5 Å². The topological polar surface area (TPSA) is 105 Å². The number of fused-ring (bicyclic) bond motifs is 1. The number of rotatable bonds is 4. The molecule has 4 rings (SSSR count). The third-order valence-electron chi connectivity index (χ3n) is 5.98. The van der Waals surface area contributed by atoms with E-state index in [1.807, 2.05) is 0 Å². The van der Waals surface area contributed by atoms with E-state index >= 15 is 0 Å². The number of hydrogen-bond acceptors (Lipinski definition) is 5. The molecule has 2 aliphatic heterocycles. The monoisotopic (exact) mass is 421 g/mol. The first-order chi connectivity index (χ1) is 13.8. The molecule has 0 unspecified atom stereocenters. The van der Waals surface area contributed by atoms with Crippen LogP contribution in [0.4, 0.5) is 5.69 Å². The summed E-state index contributed by atoms with van der Waals surface area (Å²) in [4.78, 5) is 24.6. The predicted molar refractivity (Wildman–Crippen MR) is 107 cm³/mol. The lowest BCUT2D eigenvalue weighted by Crippen LogP contribution is -2.47. The lowest BCUT2D eigenvalue weighted by Gasteiger charge is -2.32. The predicted octanol–water partition coefficient (Wildman–Crippen LogP) is 1.87. The van der Waals surface area contributed by atoms with Gasteiger partial charge in [-0.1, -0.05) is 12.8 Å². The molecule has 1 aromatic rings. The van der Waals surface area contributed by atoms with Gasteiger partial charge in [0.2, 0.25) is 15.9 Å². The molecule has 9 heteroatoms. The van der Waals surface area contributed by atoms with E-state index in [0.29, 0.717) is 30.8 Å². The third-order valence-corrected chi connectivity index (χ3v) is 7.84. The third kappa shape index (κ3) is 4.11. The Balaban J connectivity index is 1.49. The molecule has 1 aliphatic carbocycles. The molecule has 2 amide bonds. The van der Waals surface area contributed by atoms with Gasteiger partial charge in [0.25, 0.3) is 5.91 Å². The summed E-state index contributed by atoms with van der Waals surface area (Å²) in [5, 5.41) is 5.77. The Kier molecular flexibility index (Phi) is 5.52. The van der Waals surface area contributed by atoms with Gasteiger partial charge in [0.15, 0.2) is 6.10 Å². The van der Waals surface area contributed by atoms with Crippen molar-refractivity contribution in [3.8, 4) is 5.75 Å². The molecular weight excluding hydrogens is 394 g/mol. The van der Waals surface area contributed by atoms with E-state index in [4.69, 9.17) is 4.74 Å². The van der Waals surface area contributed by atoms with Gasteiger partial charge in [-0.25, -0.2) is 8.42 Å². The van der Waals surface area contributed by atoms with Crippen LogP contribution in [0.3, 0.4) is 0 Å². The van der Waals surface area contributed by atoms with Crippen LogP contribution in [-0.4, -0.2) is 49.8 Å². The van der Waals surface area contributed by atoms with Crippen molar-refractivity contribution in [2.75, 3.05) is 18.4 Å². The summed E-state index contributed by atoms with van der Waals surface area (Å²) in [5.41, 5.74) is 0.349. The summed E-state index contributed by atoms with van der Waals surface area (Å²) in [6.07, 6.45) is 4.98. The molecule has 2 fully saturated rings. The summed E-state index contributed by atoms with van der Waals surface area (Å²) in [7, 11) is -3.77. The molecule has 0 radical (unpaired) electrons. The van der Waals surface area contributed by atoms with E-state index < -0.39 is 16.1 Å². The van der Waals surface area contributed by atoms with Crippen molar-refractivity contribution in [3.63, 3.8) is 0 Å². The number of sulfonamides is 1. The second-order valence-electron chi connectivity index (χ2n) is 8.10. The molecule has 158 valence electrons. The van der Waals surface area contributed by atoms with Crippen molar-refractivity contribution in [1.29, 1.82) is 0 Å². The van der Waals surface area contributed by atoms with Crippen LogP contribution in [0, 0.1) is 5.92 Å². The molecule has 8 nitrogen and oxygen atoms in total. The molecular formula is C20H27N3O5S. The van der Waals surface area contributed by atoms with Gasteiger partial charge in [-0.05, 0) is 50.8 Å². The Bertz CT molecular complexity index is 911. The van der Waals surface area contributed by atoms with Crippen LogP contribution < -0.4 is 15.4 Å². The molecule has 2 heterocycles. The standard InChI is InChI=1S/C20H27N3O5S/c1-13-19(24)22-17-11-16(8-9-18(17)28-13)29(26,27)23-10-4-5-14(12-23)20(25)21-15-6-2-3-7-15/h8-9,11,13-15H,2-7,10,12H2,1H3,(H,21,25)(H,22,24)/t13-,14-/m1/s1. The number of ether oxygens (including phenoxy) is 1. The fourth-order valence-electron chi connectivity index (χ4n) is 4.26. The van der Waals surface area contributed by atoms with Crippen LogP contribution >= 0.6 is 0 Å². The Hall–Kier alpha value is -2.13. The molecule has 2 N–H and O–H groups in total. The van der Waals surface area contributed by atoms with Gasteiger partial charge in [0.1, 0.15) is 5.75 Å². The number of hydrogen-bond donors (Lipinski definition) is 2. The first-order valence-corrected chi connectivity index (χ1v) is 11.7. The molecule has 1 aromatic carbocycles. The second-order valence-corrected chi connectivity index (χ2v) is 10.0. The maximum absolute atomic E-state index is 13.2. The Morgan fingerprint density at radius 3 is 2.72 bits per heavy atom. The zero-order valence-corrected chi connectivity index (χ0v) is 17.3. The van der Waals surface area contributed by atoms with Gasteiger partial charge in [-0.3, -0.25) is 9.59 Å². The number of benzene rings is 1. The molecule has 1 saturated carbocycles. The van der Waals surface area contributed by atoms with Gasteiger partial charge < -0.3 is 15.4 Å². The van der Waals surface area contributed by atoms with Crippen LogP contribution in [0.5, 0.6) is 5.75 Å². The van der Waals surface area contributed by atoms with Gasteiger partial charge in [0, 0.05) is 19.1 Å². The fourth-order valence-corrected chi connectivity index (χ4v) is 5.81. The average molecular weight is 422 g/mol. The lowest BCUT2D eigenvalue weighted by molar-refractivity contribution is -0.126. The molecule has 3 aliphatic rings. The van der Waals surface area contributed by atoms with Crippen molar-refractivity contribution in [3.05, 3.63) is 18.2 Å². The van der Waals surface area contributed by atoms with Gasteiger partial charge in [-0.2, -0.15) is 4.31 Å². The number of carbonyl (C=O) groups is 2. The number of anilines is 1. The van der Waals surface area contributed by atoms with E-state index in [9.17, 15) is 18.0 Å². The number of carbonyl (C=O) groups excluding carboxylic acids is 2. The normalized spacial score (nSPS) is 25.8. The van der Waals surface area contributed by atoms with E-state index in [0.717, 1.165) is 25.7 Å². The van der Waals surface area contributed by atoms with Crippen molar-refractivity contribution in [2.24, 2.45) is 5.92 Å². The van der Waals surface area contributed by atoms with Crippen LogP contribution in [0.25, 0.3) is 0 Å². The van der Waals surface area contributed by atoms with E-state index in [1.54, 1.807) is 13.0 Å². The second kappa shape index (κ2) is 7.95. The number of amides is 2. The van der Waals surface area contributed by atoms with Crippen molar-refractivity contribution >= 4 is 27.5 Å². The Labute approximate surface area is 171 Å². The molecule has 0 spiro atoms. The molecule has 0 bridgehead atoms. The number of nitrogens with one attached hydrogen (secondary N) is 2. The smallest absolute Gasteiger partial charge is 0.265 e. The summed E-state index contributed by atoms with van der Waals surface area (Å²) < 4.78 is 33.2. The van der Waals surface area contributed by atoms with Crippen LogP contribution in [0.1, 0.15) is 45.4 Å². The van der Waals surface area contributed by atoms with Crippen LogP contribution in [-0.2, 0) is 19.6 Å². The highest BCUT2D eigenvalue weighted by Crippen LogP contribution is 2.33. The zero-order valence-electron chi connectivity index (χ0n) is 16.5. The number of nitrogens with zero attached hydrogens (tertiary/aromatic N) is 1. The summed E-state index contributed by atoms with van der Waals surface area (Å²) in [6.45, 7) is 2.19. The molecule has 2 atom stereocenters. The molecule has 0 aromatic heterocycles. The average Bonchev–Trinajstić information content (AvgIpc) is 3.21. The molecule has 29 heavy (non-hydrogen) atoms. The maximum atomic E-state index is 13.2. The highest BCUT2D eigenvalue weighted by Gasteiger charge is 2.35. The Morgan fingerprint density at radius 2 is 1.97 bits per heavy atom. The van der Waals surface area contributed by atoms with Crippen molar-refractivity contribution in [1.82, 2.24) is 9.62 Å². The van der Waals surface area contributed by atoms with E-state index in [2.05, 4.69) is 10.6 Å². The van der Waals surface area contributed by atoms with Crippen molar-refractivity contribution in [2.45, 2.75) is 62.5 Å².